The maximum atomic E-state index is 5.44. The molecule has 3 aromatic heterocycles. The minimum atomic E-state index is 0.786. The number of nitrogens with zero attached hydrogens (tertiary/aromatic N) is 4. The van der Waals surface area contributed by atoms with E-state index in [1.807, 2.05) is 12.1 Å². The quantitative estimate of drug-likeness (QED) is 0.551. The van der Waals surface area contributed by atoms with E-state index in [9.17, 15) is 0 Å². The van der Waals surface area contributed by atoms with Crippen molar-refractivity contribution in [1.29, 1.82) is 0 Å². The molecule has 0 saturated heterocycles. The lowest BCUT2D eigenvalue weighted by Gasteiger charge is -2.17. The van der Waals surface area contributed by atoms with Gasteiger partial charge in [-0.2, -0.15) is 0 Å². The molecule has 0 atom stereocenters. The highest BCUT2D eigenvalue weighted by Gasteiger charge is 2.11. The van der Waals surface area contributed by atoms with E-state index in [4.69, 9.17) is 9.72 Å². The minimum absolute atomic E-state index is 0.786. The SMILES string of the molecule is COc1ccc(CN(C)Cc2cn3ccc(C)cc3n2)c2cccnc12. The van der Waals surface area contributed by atoms with Crippen LogP contribution in [0.1, 0.15) is 16.8 Å². The van der Waals surface area contributed by atoms with Gasteiger partial charge in [0, 0.05) is 37.1 Å². The van der Waals surface area contributed by atoms with E-state index < -0.39 is 0 Å². The molecular weight excluding hydrogens is 324 g/mol. The summed E-state index contributed by atoms with van der Waals surface area (Å²) in [5.41, 5.74) is 5.42. The zero-order valence-electron chi connectivity index (χ0n) is 15.3. The fourth-order valence-electron chi connectivity index (χ4n) is 3.34. The molecule has 132 valence electrons. The van der Waals surface area contributed by atoms with Gasteiger partial charge in [0.1, 0.15) is 16.9 Å². The fraction of sp³-hybridized carbons (Fsp3) is 0.238. The lowest BCUT2D eigenvalue weighted by Crippen LogP contribution is -2.17. The molecule has 0 fully saturated rings. The number of benzene rings is 1. The third-order valence-corrected chi connectivity index (χ3v) is 4.58. The van der Waals surface area contributed by atoms with Crippen molar-refractivity contribution in [3.05, 3.63) is 71.8 Å². The van der Waals surface area contributed by atoms with Gasteiger partial charge in [0.05, 0.1) is 12.8 Å². The van der Waals surface area contributed by atoms with E-state index in [2.05, 4.69) is 64.9 Å². The smallest absolute Gasteiger partial charge is 0.145 e. The number of aryl methyl sites for hydroxylation is 1. The Balaban J connectivity index is 1.58. The van der Waals surface area contributed by atoms with Gasteiger partial charge < -0.3 is 9.14 Å². The Morgan fingerprint density at radius 1 is 1.15 bits per heavy atom. The van der Waals surface area contributed by atoms with E-state index in [0.717, 1.165) is 41.1 Å². The minimum Gasteiger partial charge on any atom is -0.494 e. The van der Waals surface area contributed by atoms with E-state index in [1.165, 1.54) is 11.1 Å². The second-order valence-electron chi connectivity index (χ2n) is 6.70. The highest BCUT2D eigenvalue weighted by molar-refractivity contribution is 5.87. The normalized spacial score (nSPS) is 11.5. The Kier molecular flexibility index (Phi) is 4.31. The molecule has 5 heteroatoms. The molecule has 0 amide bonds. The van der Waals surface area contributed by atoms with E-state index >= 15 is 0 Å². The first-order chi connectivity index (χ1) is 12.6. The molecule has 0 saturated carbocycles. The van der Waals surface area contributed by atoms with Crippen LogP contribution < -0.4 is 4.74 Å². The molecule has 4 rings (SSSR count). The Morgan fingerprint density at radius 2 is 2.04 bits per heavy atom. The van der Waals surface area contributed by atoms with Crippen molar-refractivity contribution in [2.75, 3.05) is 14.2 Å². The fourth-order valence-corrected chi connectivity index (χ4v) is 3.34. The highest BCUT2D eigenvalue weighted by atomic mass is 16.5. The molecule has 26 heavy (non-hydrogen) atoms. The van der Waals surface area contributed by atoms with Crippen LogP contribution in [-0.2, 0) is 13.1 Å². The van der Waals surface area contributed by atoms with E-state index in [-0.39, 0.29) is 0 Å². The van der Waals surface area contributed by atoms with Crippen LogP contribution in [0.2, 0.25) is 0 Å². The number of imidazole rings is 1. The number of aromatic nitrogens is 3. The molecule has 0 spiro atoms. The molecule has 3 heterocycles. The predicted molar refractivity (Wildman–Crippen MR) is 103 cm³/mol. The lowest BCUT2D eigenvalue weighted by molar-refractivity contribution is 0.316. The molecule has 1 aromatic carbocycles. The molecule has 5 nitrogen and oxygen atoms in total. The third kappa shape index (κ3) is 3.13. The number of hydrogen-bond acceptors (Lipinski definition) is 4. The van der Waals surface area contributed by atoms with Crippen molar-refractivity contribution >= 4 is 16.6 Å². The molecule has 0 bridgehead atoms. The van der Waals surface area contributed by atoms with Crippen molar-refractivity contribution in [2.45, 2.75) is 20.0 Å². The van der Waals surface area contributed by atoms with Gasteiger partial charge in [-0.3, -0.25) is 9.88 Å². The zero-order chi connectivity index (χ0) is 18.1. The molecular formula is C21H22N4O. The van der Waals surface area contributed by atoms with Crippen molar-refractivity contribution in [2.24, 2.45) is 0 Å². The van der Waals surface area contributed by atoms with Crippen LogP contribution in [0.25, 0.3) is 16.6 Å². The Hall–Kier alpha value is -2.92. The molecule has 0 aliphatic heterocycles. The van der Waals surface area contributed by atoms with E-state index in [0.29, 0.717) is 0 Å². The van der Waals surface area contributed by atoms with Crippen LogP contribution >= 0.6 is 0 Å². The predicted octanol–water partition coefficient (Wildman–Crippen LogP) is 3.83. The topological polar surface area (TPSA) is 42.7 Å². The zero-order valence-corrected chi connectivity index (χ0v) is 15.3. The van der Waals surface area contributed by atoms with Crippen LogP contribution in [0.5, 0.6) is 5.75 Å². The average Bonchev–Trinajstić information content (AvgIpc) is 3.03. The second kappa shape index (κ2) is 6.77. The molecule has 0 N–H and O–H groups in total. The van der Waals surface area contributed by atoms with Crippen molar-refractivity contribution in [1.82, 2.24) is 19.3 Å². The van der Waals surface area contributed by atoms with Gasteiger partial charge in [0.2, 0.25) is 0 Å². The maximum Gasteiger partial charge on any atom is 0.145 e. The van der Waals surface area contributed by atoms with Crippen molar-refractivity contribution in [3.63, 3.8) is 0 Å². The van der Waals surface area contributed by atoms with Gasteiger partial charge in [0.15, 0.2) is 0 Å². The number of pyridine rings is 2. The number of rotatable bonds is 5. The summed E-state index contributed by atoms with van der Waals surface area (Å²) in [5, 5.41) is 1.13. The summed E-state index contributed by atoms with van der Waals surface area (Å²) in [7, 11) is 3.79. The molecule has 0 unspecified atom stereocenters. The summed E-state index contributed by atoms with van der Waals surface area (Å²) < 4.78 is 7.51. The van der Waals surface area contributed by atoms with Gasteiger partial charge in [-0.1, -0.05) is 12.1 Å². The average molecular weight is 346 g/mol. The maximum absolute atomic E-state index is 5.44. The highest BCUT2D eigenvalue weighted by Crippen LogP contribution is 2.27. The Bertz CT molecular complexity index is 1070. The largest absolute Gasteiger partial charge is 0.494 e. The second-order valence-corrected chi connectivity index (χ2v) is 6.70. The van der Waals surface area contributed by atoms with Gasteiger partial charge in [-0.05, 0) is 49.4 Å². The summed E-state index contributed by atoms with van der Waals surface area (Å²) >= 11 is 0. The number of methoxy groups -OCH3 is 1. The van der Waals surface area contributed by atoms with Gasteiger partial charge in [0.25, 0.3) is 0 Å². The van der Waals surface area contributed by atoms with Gasteiger partial charge in [-0.25, -0.2) is 4.98 Å². The van der Waals surface area contributed by atoms with Crippen molar-refractivity contribution < 1.29 is 4.74 Å². The summed E-state index contributed by atoms with van der Waals surface area (Å²) in [4.78, 5) is 11.5. The van der Waals surface area contributed by atoms with Crippen LogP contribution in [0, 0.1) is 6.92 Å². The first-order valence-electron chi connectivity index (χ1n) is 8.67. The third-order valence-electron chi connectivity index (χ3n) is 4.58. The van der Waals surface area contributed by atoms with Crippen LogP contribution in [0.4, 0.5) is 0 Å². The molecule has 0 aliphatic carbocycles. The number of ether oxygens (including phenoxy) is 1. The van der Waals surface area contributed by atoms with Crippen LogP contribution in [-0.4, -0.2) is 33.4 Å². The molecule has 4 aromatic rings. The summed E-state index contributed by atoms with van der Waals surface area (Å²) in [5.74, 6) is 0.808. The summed E-state index contributed by atoms with van der Waals surface area (Å²) in [6.07, 6.45) is 5.96. The molecule has 0 aliphatic rings. The van der Waals surface area contributed by atoms with Gasteiger partial charge >= 0.3 is 0 Å². The van der Waals surface area contributed by atoms with Crippen LogP contribution in [0.15, 0.2) is 55.0 Å². The Labute approximate surface area is 152 Å². The van der Waals surface area contributed by atoms with Gasteiger partial charge in [-0.15, -0.1) is 0 Å². The van der Waals surface area contributed by atoms with E-state index in [1.54, 1.807) is 13.3 Å². The van der Waals surface area contributed by atoms with Crippen LogP contribution in [0.3, 0.4) is 0 Å². The Morgan fingerprint density at radius 3 is 2.88 bits per heavy atom. The first-order valence-corrected chi connectivity index (χ1v) is 8.67. The summed E-state index contributed by atoms with van der Waals surface area (Å²) in [6, 6.07) is 12.4. The number of hydrogen-bond donors (Lipinski definition) is 0. The molecule has 0 radical (unpaired) electrons. The summed E-state index contributed by atoms with van der Waals surface area (Å²) in [6.45, 7) is 3.69. The lowest BCUT2D eigenvalue weighted by atomic mass is 10.1. The first kappa shape index (κ1) is 16.5. The van der Waals surface area contributed by atoms with Crippen molar-refractivity contribution in [3.8, 4) is 5.75 Å². The standard InChI is InChI=1S/C21H22N4O/c1-15-8-10-25-14-17(23-20(25)11-15)13-24(2)12-16-6-7-19(26-3)21-18(16)5-4-9-22-21/h4-11,14H,12-13H2,1-3H3. The number of fused-ring (bicyclic) bond motifs is 2. The monoisotopic (exact) mass is 346 g/mol.